The monoisotopic (exact) mass is 291 g/mol. The van der Waals surface area contributed by atoms with Crippen molar-refractivity contribution < 1.29 is 4.39 Å². The van der Waals surface area contributed by atoms with Crippen LogP contribution in [0.25, 0.3) is 0 Å². The van der Waals surface area contributed by atoms with Gasteiger partial charge < -0.3 is 5.32 Å². The number of nitrogens with one attached hydrogen (secondary N) is 1. The van der Waals surface area contributed by atoms with Gasteiger partial charge in [0.25, 0.3) is 0 Å². The molecule has 0 aromatic heterocycles. The molecule has 0 aliphatic rings. The van der Waals surface area contributed by atoms with E-state index < -0.39 is 0 Å². The minimum Gasteiger partial charge on any atom is -0.310 e. The molecular formula is C17H19ClFN. The van der Waals surface area contributed by atoms with E-state index >= 15 is 0 Å². The van der Waals surface area contributed by atoms with E-state index in [0.29, 0.717) is 10.6 Å². The Hall–Kier alpha value is -1.38. The van der Waals surface area contributed by atoms with E-state index in [1.54, 1.807) is 12.1 Å². The Bertz CT molecular complexity index is 542. The molecule has 1 nitrogen and oxygen atoms in total. The predicted octanol–water partition coefficient (Wildman–Crippen LogP) is 4.76. The molecule has 3 heteroatoms. The van der Waals surface area contributed by atoms with Crippen molar-refractivity contribution in [2.75, 3.05) is 6.54 Å². The molecule has 0 radical (unpaired) electrons. The van der Waals surface area contributed by atoms with Gasteiger partial charge in [0.1, 0.15) is 5.82 Å². The van der Waals surface area contributed by atoms with Crippen LogP contribution >= 0.6 is 11.6 Å². The Morgan fingerprint density at radius 2 is 1.90 bits per heavy atom. The minimum absolute atomic E-state index is 0.0115. The van der Waals surface area contributed by atoms with Crippen molar-refractivity contribution in [2.24, 2.45) is 0 Å². The third-order valence-electron chi connectivity index (χ3n) is 3.35. The van der Waals surface area contributed by atoms with Gasteiger partial charge in [0.05, 0.1) is 0 Å². The summed E-state index contributed by atoms with van der Waals surface area (Å²) in [4.78, 5) is 0. The van der Waals surface area contributed by atoms with Crippen LogP contribution in [0, 0.1) is 5.82 Å². The maximum Gasteiger partial charge on any atom is 0.129 e. The number of hydrogen-bond acceptors (Lipinski definition) is 1. The van der Waals surface area contributed by atoms with Gasteiger partial charge >= 0.3 is 0 Å². The summed E-state index contributed by atoms with van der Waals surface area (Å²) in [6.45, 7) is 2.84. The summed E-state index contributed by atoms with van der Waals surface area (Å²) in [6, 6.07) is 15.2. The van der Waals surface area contributed by atoms with Gasteiger partial charge in [0.15, 0.2) is 0 Å². The van der Waals surface area contributed by atoms with Crippen LogP contribution in [-0.4, -0.2) is 6.54 Å². The van der Waals surface area contributed by atoms with Crippen LogP contribution in [0.1, 0.15) is 30.5 Å². The molecule has 0 spiro atoms. The standard InChI is InChI=1S/C17H19ClFN/c1-2-20-17(11-8-13-6-4-3-5-7-13)15-10-9-14(18)12-16(15)19/h3-7,9-10,12,17,20H,2,8,11H2,1H3. The van der Waals surface area contributed by atoms with Crippen LogP contribution in [0.5, 0.6) is 0 Å². The molecule has 0 saturated heterocycles. The van der Waals surface area contributed by atoms with Crippen molar-refractivity contribution in [1.82, 2.24) is 5.32 Å². The van der Waals surface area contributed by atoms with E-state index in [-0.39, 0.29) is 11.9 Å². The number of aryl methyl sites for hydroxylation is 1. The third-order valence-corrected chi connectivity index (χ3v) is 3.59. The van der Waals surface area contributed by atoms with Crippen LogP contribution in [0.3, 0.4) is 0 Å². The average Bonchev–Trinajstić information content (AvgIpc) is 2.45. The summed E-state index contributed by atoms with van der Waals surface area (Å²) in [7, 11) is 0. The van der Waals surface area contributed by atoms with Crippen molar-refractivity contribution in [3.63, 3.8) is 0 Å². The Kier molecular flexibility index (Phi) is 5.57. The lowest BCUT2D eigenvalue weighted by molar-refractivity contribution is 0.485. The Balaban J connectivity index is 2.10. The lowest BCUT2D eigenvalue weighted by Crippen LogP contribution is -2.22. The Morgan fingerprint density at radius 3 is 2.55 bits per heavy atom. The van der Waals surface area contributed by atoms with Crippen LogP contribution in [0.15, 0.2) is 48.5 Å². The fraction of sp³-hybridized carbons (Fsp3) is 0.294. The highest BCUT2D eigenvalue weighted by molar-refractivity contribution is 6.30. The van der Waals surface area contributed by atoms with Gasteiger partial charge in [-0.1, -0.05) is 54.9 Å². The Labute approximate surface area is 124 Å². The lowest BCUT2D eigenvalue weighted by Gasteiger charge is -2.19. The van der Waals surface area contributed by atoms with Gasteiger partial charge in [-0.05, 0) is 37.1 Å². The van der Waals surface area contributed by atoms with Gasteiger partial charge in [0.2, 0.25) is 0 Å². The number of hydrogen-bond donors (Lipinski definition) is 1. The van der Waals surface area contributed by atoms with E-state index in [1.807, 2.05) is 25.1 Å². The number of benzene rings is 2. The molecule has 1 atom stereocenters. The normalized spacial score (nSPS) is 12.3. The Morgan fingerprint density at radius 1 is 1.15 bits per heavy atom. The first-order chi connectivity index (χ1) is 9.70. The minimum atomic E-state index is -0.239. The maximum absolute atomic E-state index is 14.0. The number of rotatable bonds is 6. The van der Waals surface area contributed by atoms with Crippen molar-refractivity contribution in [3.05, 3.63) is 70.5 Å². The van der Waals surface area contributed by atoms with Crippen LogP contribution in [0.2, 0.25) is 5.02 Å². The van der Waals surface area contributed by atoms with E-state index in [4.69, 9.17) is 11.6 Å². The van der Waals surface area contributed by atoms with Gasteiger partial charge in [-0.3, -0.25) is 0 Å². The van der Waals surface area contributed by atoms with Crippen LogP contribution in [0.4, 0.5) is 4.39 Å². The first-order valence-electron chi connectivity index (χ1n) is 6.93. The third kappa shape index (κ3) is 4.06. The molecule has 0 saturated carbocycles. The van der Waals surface area contributed by atoms with Crippen LogP contribution < -0.4 is 5.32 Å². The summed E-state index contributed by atoms with van der Waals surface area (Å²) in [5, 5.41) is 3.78. The van der Waals surface area contributed by atoms with Crippen molar-refractivity contribution >= 4 is 11.6 Å². The first-order valence-corrected chi connectivity index (χ1v) is 7.30. The second-order valence-corrected chi connectivity index (χ2v) is 5.24. The van der Waals surface area contributed by atoms with E-state index in [0.717, 1.165) is 19.4 Å². The highest BCUT2D eigenvalue weighted by Gasteiger charge is 2.15. The quantitative estimate of drug-likeness (QED) is 0.809. The second kappa shape index (κ2) is 7.41. The predicted molar refractivity (Wildman–Crippen MR) is 82.6 cm³/mol. The zero-order valence-corrected chi connectivity index (χ0v) is 12.3. The molecule has 1 N–H and O–H groups in total. The zero-order chi connectivity index (χ0) is 14.4. The van der Waals surface area contributed by atoms with Crippen molar-refractivity contribution in [1.29, 1.82) is 0 Å². The molecule has 0 aliphatic heterocycles. The number of halogens is 2. The highest BCUT2D eigenvalue weighted by atomic mass is 35.5. The van der Waals surface area contributed by atoms with E-state index in [9.17, 15) is 4.39 Å². The largest absolute Gasteiger partial charge is 0.310 e. The molecule has 0 fully saturated rings. The molecular weight excluding hydrogens is 273 g/mol. The summed E-state index contributed by atoms with van der Waals surface area (Å²) in [6.07, 6.45) is 1.77. The van der Waals surface area contributed by atoms with Crippen molar-refractivity contribution in [3.8, 4) is 0 Å². The average molecular weight is 292 g/mol. The summed E-state index contributed by atoms with van der Waals surface area (Å²) >= 11 is 5.81. The fourth-order valence-electron chi connectivity index (χ4n) is 2.35. The lowest BCUT2D eigenvalue weighted by atomic mass is 9.98. The first kappa shape index (κ1) is 15.0. The fourth-order valence-corrected chi connectivity index (χ4v) is 2.51. The molecule has 0 aliphatic carbocycles. The topological polar surface area (TPSA) is 12.0 Å². The molecule has 0 amide bonds. The molecule has 1 unspecified atom stereocenters. The van der Waals surface area contributed by atoms with Gasteiger partial charge in [-0.15, -0.1) is 0 Å². The molecule has 0 bridgehead atoms. The molecule has 20 heavy (non-hydrogen) atoms. The molecule has 2 aromatic rings. The smallest absolute Gasteiger partial charge is 0.129 e. The second-order valence-electron chi connectivity index (χ2n) is 4.80. The highest BCUT2D eigenvalue weighted by Crippen LogP contribution is 2.24. The molecule has 0 heterocycles. The molecule has 2 aromatic carbocycles. The van der Waals surface area contributed by atoms with Gasteiger partial charge in [-0.25, -0.2) is 4.39 Å². The zero-order valence-electron chi connectivity index (χ0n) is 11.6. The summed E-state index contributed by atoms with van der Waals surface area (Å²) in [5.74, 6) is -0.239. The SMILES string of the molecule is CCNC(CCc1ccccc1)c1ccc(Cl)cc1F. The molecule has 2 rings (SSSR count). The van der Waals surface area contributed by atoms with Gasteiger partial charge in [0, 0.05) is 16.6 Å². The summed E-state index contributed by atoms with van der Waals surface area (Å²) < 4.78 is 14.0. The maximum atomic E-state index is 14.0. The molecule has 106 valence electrons. The van der Waals surface area contributed by atoms with E-state index in [2.05, 4.69) is 17.4 Å². The summed E-state index contributed by atoms with van der Waals surface area (Å²) in [5.41, 5.74) is 1.96. The van der Waals surface area contributed by atoms with Crippen molar-refractivity contribution in [2.45, 2.75) is 25.8 Å². The van der Waals surface area contributed by atoms with E-state index in [1.165, 1.54) is 11.6 Å². The van der Waals surface area contributed by atoms with Gasteiger partial charge in [-0.2, -0.15) is 0 Å². The van der Waals surface area contributed by atoms with Crippen LogP contribution in [-0.2, 0) is 6.42 Å².